The summed E-state index contributed by atoms with van der Waals surface area (Å²) in [6.07, 6.45) is -7.67. The van der Waals surface area contributed by atoms with E-state index in [4.69, 9.17) is 5.11 Å². The van der Waals surface area contributed by atoms with Gasteiger partial charge in [0.15, 0.2) is 6.36 Å². The minimum atomic E-state index is -4.41. The van der Waals surface area contributed by atoms with Crippen LogP contribution < -0.4 is 0 Å². The van der Waals surface area contributed by atoms with Gasteiger partial charge in [-0.05, 0) is 0 Å². The van der Waals surface area contributed by atoms with Crippen molar-refractivity contribution in [1.29, 1.82) is 0 Å². The lowest BCUT2D eigenvalue weighted by Gasteiger charge is -2.14. The van der Waals surface area contributed by atoms with Gasteiger partial charge in [0.05, 0.1) is 5.92 Å². The van der Waals surface area contributed by atoms with Crippen LogP contribution in [0.3, 0.4) is 0 Å². The summed E-state index contributed by atoms with van der Waals surface area (Å²) in [5, 5.41) is 7.92. The van der Waals surface area contributed by atoms with Crippen LogP contribution in [0.1, 0.15) is 13.3 Å². The molecule has 0 radical (unpaired) electrons. The van der Waals surface area contributed by atoms with Crippen molar-refractivity contribution in [2.45, 2.75) is 25.9 Å². The Morgan fingerprint density at radius 2 is 1.80 bits per heavy atom. The van der Waals surface area contributed by atoms with E-state index in [1.807, 2.05) is 0 Å². The maximum atomic E-state index is 11.5. The highest BCUT2D eigenvalue weighted by atomic mass is 19.4. The van der Waals surface area contributed by atoms with Gasteiger partial charge in [-0.25, -0.2) is 4.39 Å². The van der Waals surface area contributed by atoms with E-state index in [9.17, 15) is 17.6 Å². The summed E-state index contributed by atoms with van der Waals surface area (Å²) < 4.78 is 46.1. The summed E-state index contributed by atoms with van der Waals surface area (Å²) in [5.74, 6) is -1.78. The molecule has 0 aromatic rings. The molecule has 1 nitrogen and oxygen atoms in total. The molecule has 0 rings (SSSR count). The number of hydrogen-bond acceptors (Lipinski definition) is 1. The van der Waals surface area contributed by atoms with Gasteiger partial charge in [0, 0.05) is 6.42 Å². The van der Waals surface area contributed by atoms with Crippen molar-refractivity contribution in [3.8, 4) is 0 Å². The molecule has 5 heteroatoms. The van der Waals surface area contributed by atoms with E-state index in [-0.39, 0.29) is 0 Å². The lowest BCUT2D eigenvalue weighted by molar-refractivity contribution is -0.182. The van der Waals surface area contributed by atoms with Gasteiger partial charge < -0.3 is 5.11 Å². The minimum Gasteiger partial charge on any atom is -0.364 e. The minimum absolute atomic E-state index is 0.822. The molecule has 0 aromatic heterocycles. The van der Waals surface area contributed by atoms with Crippen LogP contribution in [0.2, 0.25) is 0 Å². The number of rotatable bonds is 2. The third-order valence-electron chi connectivity index (χ3n) is 1.11. The predicted molar refractivity (Wildman–Crippen MR) is 27.0 cm³/mol. The molecule has 2 atom stereocenters. The van der Waals surface area contributed by atoms with Gasteiger partial charge in [-0.15, -0.1) is 0 Å². The first-order chi connectivity index (χ1) is 4.34. The van der Waals surface area contributed by atoms with E-state index >= 15 is 0 Å². The van der Waals surface area contributed by atoms with E-state index in [1.165, 1.54) is 0 Å². The largest absolute Gasteiger partial charge is 0.391 e. The van der Waals surface area contributed by atoms with Crippen LogP contribution >= 0.6 is 0 Å². The van der Waals surface area contributed by atoms with Gasteiger partial charge in [0.1, 0.15) is 0 Å². The van der Waals surface area contributed by atoms with Gasteiger partial charge in [0.25, 0.3) is 0 Å². The molecule has 0 aliphatic heterocycles. The Balaban J connectivity index is 3.73. The fraction of sp³-hybridized carbons (Fsp3) is 1.00. The summed E-state index contributed by atoms with van der Waals surface area (Å²) in [7, 11) is 0. The van der Waals surface area contributed by atoms with Crippen LogP contribution in [0.15, 0.2) is 0 Å². The van der Waals surface area contributed by atoms with E-state index in [2.05, 4.69) is 0 Å². The average molecular weight is 160 g/mol. The Labute approximate surface area is 55.7 Å². The zero-order valence-corrected chi connectivity index (χ0v) is 5.32. The smallest absolute Gasteiger partial charge is 0.364 e. The highest BCUT2D eigenvalue weighted by molar-refractivity contribution is 4.62. The molecule has 0 aliphatic carbocycles. The van der Waals surface area contributed by atoms with Crippen molar-refractivity contribution >= 4 is 0 Å². The molecule has 2 unspecified atom stereocenters. The number of aliphatic hydroxyl groups is 1. The molecule has 0 aliphatic rings. The monoisotopic (exact) mass is 160 g/mol. The fourth-order valence-corrected chi connectivity index (χ4v) is 0.425. The molecule has 0 aromatic carbocycles. The first kappa shape index (κ1) is 9.68. The van der Waals surface area contributed by atoms with Crippen molar-refractivity contribution in [1.82, 2.24) is 0 Å². The van der Waals surface area contributed by atoms with Crippen molar-refractivity contribution < 1.29 is 22.7 Å². The van der Waals surface area contributed by atoms with Crippen molar-refractivity contribution in [2.75, 3.05) is 0 Å². The summed E-state index contributed by atoms with van der Waals surface area (Å²) in [6, 6.07) is 0. The van der Waals surface area contributed by atoms with Crippen LogP contribution in [-0.4, -0.2) is 17.6 Å². The Morgan fingerprint density at radius 3 is 1.90 bits per heavy atom. The third-order valence-corrected chi connectivity index (χ3v) is 1.11. The van der Waals surface area contributed by atoms with Crippen molar-refractivity contribution in [3.05, 3.63) is 0 Å². The molecule has 0 saturated heterocycles. The zero-order chi connectivity index (χ0) is 8.36. The molecule has 1 N–H and O–H groups in total. The van der Waals surface area contributed by atoms with Crippen LogP contribution in [0.25, 0.3) is 0 Å². The molecular formula is C5H8F4O. The Bertz CT molecular complexity index is 98.3. The standard InChI is InChI=1S/C5H8F4O/c1-3(2-4(6)10)5(7,8)9/h3-4,10H,2H2,1H3. The second kappa shape index (κ2) is 3.18. The lowest BCUT2D eigenvalue weighted by Crippen LogP contribution is -2.22. The van der Waals surface area contributed by atoms with Crippen molar-refractivity contribution in [2.24, 2.45) is 5.92 Å². The van der Waals surface area contributed by atoms with E-state index < -0.39 is 24.9 Å². The Morgan fingerprint density at radius 1 is 1.40 bits per heavy atom. The Kier molecular flexibility index (Phi) is 3.08. The van der Waals surface area contributed by atoms with Gasteiger partial charge in [-0.3, -0.25) is 0 Å². The predicted octanol–water partition coefficient (Wildman–Crippen LogP) is 1.86. The number of hydrogen-bond donors (Lipinski definition) is 1. The van der Waals surface area contributed by atoms with Crippen LogP contribution in [-0.2, 0) is 0 Å². The van der Waals surface area contributed by atoms with E-state index in [0.717, 1.165) is 6.92 Å². The normalized spacial score (nSPS) is 18.6. The molecule has 0 fully saturated rings. The topological polar surface area (TPSA) is 20.2 Å². The maximum Gasteiger partial charge on any atom is 0.391 e. The van der Waals surface area contributed by atoms with E-state index in [1.54, 1.807) is 0 Å². The van der Waals surface area contributed by atoms with Crippen molar-refractivity contribution in [3.63, 3.8) is 0 Å². The van der Waals surface area contributed by atoms with E-state index in [0.29, 0.717) is 0 Å². The van der Waals surface area contributed by atoms with Crippen LogP contribution in [0, 0.1) is 5.92 Å². The SMILES string of the molecule is CC(CC(O)F)C(F)(F)F. The number of aliphatic hydroxyl groups excluding tert-OH is 1. The maximum absolute atomic E-state index is 11.5. The lowest BCUT2D eigenvalue weighted by atomic mass is 10.1. The summed E-state index contributed by atoms with van der Waals surface area (Å²) in [4.78, 5) is 0. The summed E-state index contributed by atoms with van der Waals surface area (Å²) >= 11 is 0. The molecule has 0 spiro atoms. The molecule has 0 heterocycles. The molecular weight excluding hydrogens is 152 g/mol. The molecule has 62 valence electrons. The quantitative estimate of drug-likeness (QED) is 0.611. The second-order valence-corrected chi connectivity index (χ2v) is 2.11. The molecule has 0 amide bonds. The second-order valence-electron chi connectivity index (χ2n) is 2.11. The number of alkyl halides is 4. The fourth-order valence-electron chi connectivity index (χ4n) is 0.425. The van der Waals surface area contributed by atoms with Crippen LogP contribution in [0.5, 0.6) is 0 Å². The number of halogens is 4. The summed E-state index contributed by atoms with van der Waals surface area (Å²) in [5.41, 5.74) is 0. The third kappa shape index (κ3) is 3.66. The molecule has 0 saturated carbocycles. The van der Waals surface area contributed by atoms with Crippen LogP contribution in [0.4, 0.5) is 17.6 Å². The Hall–Kier alpha value is -0.320. The first-order valence-electron chi connectivity index (χ1n) is 2.73. The zero-order valence-electron chi connectivity index (χ0n) is 5.32. The van der Waals surface area contributed by atoms with Gasteiger partial charge in [-0.2, -0.15) is 13.2 Å². The van der Waals surface area contributed by atoms with Gasteiger partial charge in [-0.1, -0.05) is 6.92 Å². The molecule has 0 bridgehead atoms. The first-order valence-corrected chi connectivity index (χ1v) is 2.73. The van der Waals surface area contributed by atoms with Gasteiger partial charge in [0.2, 0.25) is 0 Å². The van der Waals surface area contributed by atoms with Gasteiger partial charge >= 0.3 is 6.18 Å². The molecule has 10 heavy (non-hydrogen) atoms. The highest BCUT2D eigenvalue weighted by Crippen LogP contribution is 2.29. The average Bonchev–Trinajstić information content (AvgIpc) is 1.60. The highest BCUT2D eigenvalue weighted by Gasteiger charge is 2.36. The summed E-state index contributed by atoms with van der Waals surface area (Å²) in [6.45, 7) is 0.822.